The molecule has 1 aromatic rings. The fourth-order valence-corrected chi connectivity index (χ4v) is 4.93. The molecule has 0 spiro atoms. The Kier molecular flexibility index (Phi) is 8.07. The third-order valence-electron chi connectivity index (χ3n) is 6.78. The molecule has 0 aliphatic carbocycles. The van der Waals surface area contributed by atoms with Crippen LogP contribution in [0.4, 0.5) is 4.39 Å². The molecular formula is C24H38FN3O. The summed E-state index contributed by atoms with van der Waals surface area (Å²) in [5.74, 6) is 0.941. The van der Waals surface area contributed by atoms with Crippen molar-refractivity contribution in [3.63, 3.8) is 0 Å². The maximum atomic E-state index is 13.9. The van der Waals surface area contributed by atoms with E-state index in [-0.39, 0.29) is 11.7 Å². The number of halogens is 1. The van der Waals surface area contributed by atoms with Crippen LogP contribution in [0.15, 0.2) is 24.3 Å². The minimum absolute atomic E-state index is 0.102. The van der Waals surface area contributed by atoms with E-state index in [9.17, 15) is 9.18 Å². The summed E-state index contributed by atoms with van der Waals surface area (Å²) in [5, 5.41) is 0. The van der Waals surface area contributed by atoms with Gasteiger partial charge in [0.25, 0.3) is 0 Å². The Balaban J connectivity index is 1.43. The molecule has 0 radical (unpaired) electrons. The topological polar surface area (TPSA) is 26.8 Å². The van der Waals surface area contributed by atoms with Gasteiger partial charge in [-0.3, -0.25) is 4.79 Å². The second kappa shape index (κ2) is 10.5. The molecule has 5 heteroatoms. The molecule has 0 N–H and O–H groups in total. The molecule has 2 aliphatic heterocycles. The van der Waals surface area contributed by atoms with Crippen molar-refractivity contribution in [2.24, 2.45) is 11.8 Å². The van der Waals surface area contributed by atoms with Crippen LogP contribution in [0.1, 0.15) is 45.1 Å². The highest BCUT2D eigenvalue weighted by Gasteiger charge is 2.29. The van der Waals surface area contributed by atoms with E-state index < -0.39 is 0 Å². The summed E-state index contributed by atoms with van der Waals surface area (Å²) in [4.78, 5) is 19.8. The van der Waals surface area contributed by atoms with Gasteiger partial charge in [-0.05, 0) is 83.1 Å². The Labute approximate surface area is 176 Å². The van der Waals surface area contributed by atoms with Crippen LogP contribution in [-0.2, 0) is 11.2 Å². The van der Waals surface area contributed by atoms with Crippen molar-refractivity contribution < 1.29 is 9.18 Å². The lowest BCUT2D eigenvalue weighted by Gasteiger charge is -2.37. The van der Waals surface area contributed by atoms with Gasteiger partial charge in [0.15, 0.2) is 0 Å². The first-order chi connectivity index (χ1) is 13.9. The summed E-state index contributed by atoms with van der Waals surface area (Å²) in [5.41, 5.74) is 0.801. The van der Waals surface area contributed by atoms with E-state index in [0.717, 1.165) is 70.5 Å². The number of carbonyl (C=O) groups excluding carboxylic acids is 1. The first-order valence-electron chi connectivity index (χ1n) is 11.4. The molecule has 0 aromatic heterocycles. The predicted molar refractivity (Wildman–Crippen MR) is 116 cm³/mol. The highest BCUT2D eigenvalue weighted by Crippen LogP contribution is 2.23. The number of carbonyl (C=O) groups is 1. The van der Waals surface area contributed by atoms with Crippen molar-refractivity contribution in [3.8, 4) is 0 Å². The van der Waals surface area contributed by atoms with Gasteiger partial charge in [-0.2, -0.15) is 0 Å². The lowest BCUT2D eigenvalue weighted by atomic mass is 9.93. The van der Waals surface area contributed by atoms with Crippen molar-refractivity contribution in [2.45, 2.75) is 52.0 Å². The van der Waals surface area contributed by atoms with Gasteiger partial charge in [0, 0.05) is 38.6 Å². The highest BCUT2D eigenvalue weighted by atomic mass is 19.1. The van der Waals surface area contributed by atoms with Crippen molar-refractivity contribution >= 4 is 5.91 Å². The van der Waals surface area contributed by atoms with Crippen molar-refractivity contribution in [1.29, 1.82) is 0 Å². The Bertz CT molecular complexity index is 657. The summed E-state index contributed by atoms with van der Waals surface area (Å²) in [6.45, 7) is 10.4. The molecule has 2 heterocycles. The smallest absolute Gasteiger partial charge is 0.225 e. The Morgan fingerprint density at radius 2 is 1.90 bits per heavy atom. The van der Waals surface area contributed by atoms with Gasteiger partial charge in [-0.1, -0.05) is 18.2 Å². The quantitative estimate of drug-likeness (QED) is 0.695. The molecule has 0 bridgehead atoms. The van der Waals surface area contributed by atoms with E-state index >= 15 is 0 Å². The lowest BCUT2D eigenvalue weighted by molar-refractivity contribution is -0.136. The third kappa shape index (κ3) is 6.26. The molecule has 29 heavy (non-hydrogen) atoms. The van der Waals surface area contributed by atoms with E-state index in [1.807, 2.05) is 24.1 Å². The molecule has 1 amide bonds. The largest absolute Gasteiger partial charge is 0.345 e. The zero-order valence-corrected chi connectivity index (χ0v) is 18.4. The van der Waals surface area contributed by atoms with Crippen LogP contribution in [0.5, 0.6) is 0 Å². The van der Waals surface area contributed by atoms with Crippen LogP contribution in [0.25, 0.3) is 0 Å². The van der Waals surface area contributed by atoms with Gasteiger partial charge in [-0.25, -0.2) is 4.39 Å². The van der Waals surface area contributed by atoms with Gasteiger partial charge in [0.05, 0.1) is 0 Å². The van der Waals surface area contributed by atoms with Gasteiger partial charge < -0.3 is 14.7 Å². The fourth-order valence-electron chi connectivity index (χ4n) is 4.93. The molecule has 4 nitrogen and oxygen atoms in total. The van der Waals surface area contributed by atoms with Gasteiger partial charge >= 0.3 is 0 Å². The highest BCUT2D eigenvalue weighted by molar-refractivity contribution is 5.78. The fraction of sp³-hybridized carbons (Fsp3) is 0.708. The maximum Gasteiger partial charge on any atom is 0.225 e. The average molecular weight is 404 g/mol. The second-order valence-electron chi connectivity index (χ2n) is 9.27. The predicted octanol–water partition coefficient (Wildman–Crippen LogP) is 3.66. The average Bonchev–Trinajstić information content (AvgIpc) is 2.73. The van der Waals surface area contributed by atoms with Crippen LogP contribution >= 0.6 is 0 Å². The normalized spacial score (nSPS) is 22.2. The van der Waals surface area contributed by atoms with Gasteiger partial charge in [0.1, 0.15) is 5.82 Å². The Morgan fingerprint density at radius 1 is 1.17 bits per heavy atom. The molecule has 2 aliphatic rings. The van der Waals surface area contributed by atoms with E-state index in [0.29, 0.717) is 17.9 Å². The summed E-state index contributed by atoms with van der Waals surface area (Å²) in [6.07, 6.45) is 5.07. The summed E-state index contributed by atoms with van der Waals surface area (Å²) in [7, 11) is 1.98. The second-order valence-corrected chi connectivity index (χ2v) is 9.27. The number of likely N-dealkylation sites (tertiary alicyclic amines) is 2. The van der Waals surface area contributed by atoms with Crippen LogP contribution in [0, 0.1) is 17.7 Å². The van der Waals surface area contributed by atoms with Crippen molar-refractivity contribution in [1.82, 2.24) is 14.7 Å². The first kappa shape index (κ1) is 22.2. The lowest BCUT2D eigenvalue weighted by Crippen LogP contribution is -2.46. The van der Waals surface area contributed by atoms with E-state index in [2.05, 4.69) is 23.6 Å². The third-order valence-corrected chi connectivity index (χ3v) is 6.78. The summed E-state index contributed by atoms with van der Waals surface area (Å²) < 4.78 is 13.9. The molecule has 0 saturated carbocycles. The summed E-state index contributed by atoms with van der Waals surface area (Å²) in [6, 6.07) is 7.65. The number of nitrogens with zero attached hydrogens (tertiary/aromatic N) is 3. The van der Waals surface area contributed by atoms with Crippen molar-refractivity contribution in [2.75, 3.05) is 46.3 Å². The molecule has 162 valence electrons. The van der Waals surface area contributed by atoms with Gasteiger partial charge in [0.2, 0.25) is 5.91 Å². The molecule has 1 aromatic carbocycles. The SMILES string of the molecule is CC(C)N1CCC(C(=O)N(C)C[C@H]2CCCN(CCc3ccccc3F)C2)CC1. The molecular weight excluding hydrogens is 365 g/mol. The van der Waals surface area contributed by atoms with Crippen LogP contribution in [-0.4, -0.2) is 73.0 Å². The zero-order chi connectivity index (χ0) is 20.8. The molecule has 3 rings (SSSR count). The minimum atomic E-state index is -0.102. The minimum Gasteiger partial charge on any atom is -0.345 e. The number of rotatable bonds is 7. The molecule has 2 fully saturated rings. The zero-order valence-electron chi connectivity index (χ0n) is 18.4. The number of piperidine rings is 2. The number of hydrogen-bond acceptors (Lipinski definition) is 3. The van der Waals surface area contributed by atoms with Crippen LogP contribution < -0.4 is 0 Å². The number of hydrogen-bond donors (Lipinski definition) is 0. The van der Waals surface area contributed by atoms with Crippen LogP contribution in [0.3, 0.4) is 0 Å². The monoisotopic (exact) mass is 403 g/mol. The molecule has 2 saturated heterocycles. The van der Waals surface area contributed by atoms with E-state index in [4.69, 9.17) is 0 Å². The Morgan fingerprint density at radius 3 is 2.59 bits per heavy atom. The summed E-state index contributed by atoms with van der Waals surface area (Å²) >= 11 is 0. The standard InChI is InChI=1S/C24H38FN3O/c1-19(2)28-15-11-22(12-16-28)24(29)26(3)17-20-7-6-13-27(18-20)14-10-21-8-4-5-9-23(21)25/h4-5,8-9,19-20,22H,6-7,10-18H2,1-3H3/t20-/m1/s1. The molecule has 0 unspecified atom stereocenters. The van der Waals surface area contributed by atoms with Gasteiger partial charge in [-0.15, -0.1) is 0 Å². The maximum absolute atomic E-state index is 13.9. The molecule has 1 atom stereocenters. The first-order valence-corrected chi connectivity index (χ1v) is 11.4. The van der Waals surface area contributed by atoms with Crippen molar-refractivity contribution in [3.05, 3.63) is 35.6 Å². The Hall–Kier alpha value is -1.46. The van der Waals surface area contributed by atoms with E-state index in [1.54, 1.807) is 12.1 Å². The van der Waals surface area contributed by atoms with Crippen LogP contribution in [0.2, 0.25) is 0 Å². The number of benzene rings is 1. The van der Waals surface area contributed by atoms with E-state index in [1.165, 1.54) is 6.42 Å². The number of amides is 1.